The van der Waals surface area contributed by atoms with Crippen molar-refractivity contribution in [2.24, 2.45) is 0 Å². The average molecular weight is 342 g/mol. The molecule has 25 heavy (non-hydrogen) atoms. The summed E-state index contributed by atoms with van der Waals surface area (Å²) >= 11 is 0. The van der Waals surface area contributed by atoms with Crippen LogP contribution in [0, 0.1) is 0 Å². The third kappa shape index (κ3) is 2.35. The number of fused-ring (bicyclic) bond motifs is 5. The van der Waals surface area contributed by atoms with Crippen molar-refractivity contribution in [1.82, 2.24) is 10.2 Å². The fraction of sp³-hybridized carbons (Fsp3) is 0.429. The molecule has 0 aromatic heterocycles. The second kappa shape index (κ2) is 5.89. The molecule has 2 aliphatic carbocycles. The van der Waals surface area contributed by atoms with E-state index in [1.807, 2.05) is 36.4 Å². The van der Waals surface area contributed by atoms with Gasteiger partial charge in [0.25, 0.3) is 5.92 Å². The maximum Gasteiger partial charge on any atom is 0.263 e. The molecule has 2 nitrogen and oxygen atoms in total. The molecule has 0 amide bonds. The summed E-state index contributed by atoms with van der Waals surface area (Å²) in [5.74, 6) is -3.95. The van der Waals surface area contributed by atoms with Gasteiger partial charge < -0.3 is 5.32 Å². The summed E-state index contributed by atoms with van der Waals surface area (Å²) in [6.45, 7) is 3.78. The van der Waals surface area contributed by atoms with Crippen LogP contribution in [0.15, 0.2) is 48.5 Å². The van der Waals surface area contributed by atoms with Crippen molar-refractivity contribution in [1.29, 1.82) is 0 Å². The number of piperazine rings is 1. The van der Waals surface area contributed by atoms with Crippen molar-refractivity contribution in [2.45, 2.75) is 31.2 Å². The first-order valence-electron chi connectivity index (χ1n) is 8.70. The van der Waals surface area contributed by atoms with E-state index in [1.54, 1.807) is 0 Å². The lowest BCUT2D eigenvalue weighted by molar-refractivity contribution is 0.103. The number of benzene rings is 2. The number of nitrogens with zero attached hydrogens (tertiary/aromatic N) is 1. The highest BCUT2D eigenvalue weighted by molar-refractivity contribution is 5.56. The van der Waals surface area contributed by atoms with Crippen LogP contribution >= 0.6 is 0 Å². The van der Waals surface area contributed by atoms with E-state index >= 15 is 0 Å². The van der Waals surface area contributed by atoms with Crippen molar-refractivity contribution >= 4 is 0 Å². The smallest absolute Gasteiger partial charge is 0.263 e. The molecule has 2 aromatic rings. The second-order valence-corrected chi connectivity index (χ2v) is 7.08. The molecule has 4 heteroatoms. The summed E-state index contributed by atoms with van der Waals surface area (Å²) < 4.78 is 29.2. The maximum absolute atomic E-state index is 14.6. The molecule has 1 heterocycles. The first kappa shape index (κ1) is 16.7. The predicted octanol–water partition coefficient (Wildman–Crippen LogP) is 4.15. The van der Waals surface area contributed by atoms with Crippen LogP contribution in [0.3, 0.4) is 0 Å². The Hall–Kier alpha value is -1.78. The highest BCUT2D eigenvalue weighted by Crippen LogP contribution is 2.70. The predicted molar refractivity (Wildman–Crippen MR) is 96.3 cm³/mol. The second-order valence-electron chi connectivity index (χ2n) is 7.08. The van der Waals surface area contributed by atoms with Gasteiger partial charge in [-0.05, 0) is 22.3 Å². The van der Waals surface area contributed by atoms with Crippen LogP contribution < -0.4 is 5.32 Å². The fourth-order valence-corrected chi connectivity index (χ4v) is 4.69. The Kier molecular flexibility index (Phi) is 3.93. The molecule has 1 unspecified atom stereocenters. The van der Waals surface area contributed by atoms with E-state index in [2.05, 4.69) is 22.3 Å². The van der Waals surface area contributed by atoms with Crippen molar-refractivity contribution in [3.05, 3.63) is 70.8 Å². The molecule has 1 saturated heterocycles. The minimum atomic E-state index is -2.62. The summed E-state index contributed by atoms with van der Waals surface area (Å²) in [7, 11) is 0. The molecule has 0 radical (unpaired) electrons. The van der Waals surface area contributed by atoms with E-state index in [1.165, 1.54) is 0 Å². The van der Waals surface area contributed by atoms with Gasteiger partial charge >= 0.3 is 0 Å². The maximum atomic E-state index is 14.6. The normalized spacial score (nSPS) is 29.4. The van der Waals surface area contributed by atoms with Crippen LogP contribution in [0.5, 0.6) is 0 Å². The molecular weight excluding hydrogens is 318 g/mol. The topological polar surface area (TPSA) is 15.3 Å². The standard InChI is InChI=1S/C20H20F2N2.CH4/c21-20(22)17-13-5-1-3-7-15(13)19(24-11-9-23-10-12-24)16-8-4-2-6-14(16)18(17)20;/h1-8,17-19,23H,9-12H2;1H4/t17-,18+,19?;. The lowest BCUT2D eigenvalue weighted by Crippen LogP contribution is -2.45. The van der Waals surface area contributed by atoms with Crippen LogP contribution in [0.1, 0.15) is 47.6 Å². The molecule has 1 saturated carbocycles. The number of hydrogen-bond acceptors (Lipinski definition) is 2. The highest BCUT2D eigenvalue weighted by Gasteiger charge is 2.71. The van der Waals surface area contributed by atoms with E-state index in [0.717, 1.165) is 48.4 Å². The van der Waals surface area contributed by atoms with Gasteiger partial charge in [-0.3, -0.25) is 4.90 Å². The molecule has 0 bridgehead atoms. The lowest BCUT2D eigenvalue weighted by Gasteiger charge is -2.37. The molecule has 3 atom stereocenters. The largest absolute Gasteiger partial charge is 0.314 e. The lowest BCUT2D eigenvalue weighted by atomic mass is 9.90. The minimum absolute atomic E-state index is 0. The third-order valence-corrected chi connectivity index (χ3v) is 5.82. The zero-order chi connectivity index (χ0) is 16.3. The zero-order valence-electron chi connectivity index (χ0n) is 13.4. The molecular formula is C21H24F2N2. The summed E-state index contributed by atoms with van der Waals surface area (Å²) in [6.07, 6.45) is 0. The number of nitrogens with one attached hydrogen (secondary N) is 1. The Morgan fingerprint density at radius 3 is 1.72 bits per heavy atom. The Bertz CT molecular complexity index is 727. The van der Waals surface area contributed by atoms with Crippen LogP contribution in [0.2, 0.25) is 0 Å². The van der Waals surface area contributed by atoms with Crippen LogP contribution in [0.25, 0.3) is 0 Å². The Labute approximate surface area is 147 Å². The van der Waals surface area contributed by atoms with E-state index in [0.29, 0.717) is 0 Å². The van der Waals surface area contributed by atoms with Gasteiger partial charge in [0.1, 0.15) is 0 Å². The molecule has 132 valence electrons. The quantitative estimate of drug-likeness (QED) is 0.838. The molecule has 2 fully saturated rings. The minimum Gasteiger partial charge on any atom is -0.314 e. The fourth-order valence-electron chi connectivity index (χ4n) is 4.69. The van der Waals surface area contributed by atoms with Crippen molar-refractivity contribution in [2.75, 3.05) is 26.2 Å². The molecule has 2 aromatic carbocycles. The Morgan fingerprint density at radius 2 is 1.24 bits per heavy atom. The van der Waals surface area contributed by atoms with Gasteiger partial charge in [-0.25, -0.2) is 8.78 Å². The average Bonchev–Trinajstić information content (AvgIpc) is 3.22. The van der Waals surface area contributed by atoms with Gasteiger partial charge in [-0.15, -0.1) is 0 Å². The number of hydrogen-bond donors (Lipinski definition) is 1. The SMILES string of the molecule is C.FC1(F)[C@@H]2c3ccccc3C(N3CCNCC3)c3ccccc3[C@@H]21. The zero-order valence-corrected chi connectivity index (χ0v) is 13.4. The third-order valence-electron chi connectivity index (χ3n) is 5.82. The van der Waals surface area contributed by atoms with Crippen molar-refractivity contribution in [3.8, 4) is 0 Å². The first-order chi connectivity index (χ1) is 11.7. The van der Waals surface area contributed by atoms with E-state index in [4.69, 9.17) is 0 Å². The molecule has 3 aliphatic rings. The van der Waals surface area contributed by atoms with Crippen LogP contribution in [-0.2, 0) is 0 Å². The summed E-state index contributed by atoms with van der Waals surface area (Å²) in [5, 5.41) is 3.39. The van der Waals surface area contributed by atoms with E-state index in [-0.39, 0.29) is 13.5 Å². The van der Waals surface area contributed by atoms with Crippen LogP contribution in [0.4, 0.5) is 8.78 Å². The van der Waals surface area contributed by atoms with Gasteiger partial charge in [0.15, 0.2) is 0 Å². The van der Waals surface area contributed by atoms with Crippen molar-refractivity contribution < 1.29 is 8.78 Å². The summed E-state index contributed by atoms with van der Waals surface area (Å²) in [5.41, 5.74) is 3.81. The summed E-state index contributed by atoms with van der Waals surface area (Å²) in [4.78, 5) is 2.44. The first-order valence-corrected chi connectivity index (χ1v) is 8.70. The highest BCUT2D eigenvalue weighted by atomic mass is 19.3. The van der Waals surface area contributed by atoms with Gasteiger partial charge in [-0.2, -0.15) is 0 Å². The van der Waals surface area contributed by atoms with Gasteiger partial charge in [0, 0.05) is 26.2 Å². The summed E-state index contributed by atoms with van der Waals surface area (Å²) in [6, 6.07) is 15.8. The number of halogens is 2. The number of alkyl halides is 2. The van der Waals surface area contributed by atoms with E-state index < -0.39 is 17.8 Å². The molecule has 0 spiro atoms. The Balaban J connectivity index is 0.00000157. The molecule has 1 aliphatic heterocycles. The number of rotatable bonds is 1. The molecule has 1 N–H and O–H groups in total. The van der Waals surface area contributed by atoms with Crippen LogP contribution in [-0.4, -0.2) is 37.0 Å². The van der Waals surface area contributed by atoms with Gasteiger partial charge in [-0.1, -0.05) is 56.0 Å². The van der Waals surface area contributed by atoms with E-state index in [9.17, 15) is 8.78 Å². The van der Waals surface area contributed by atoms with Crippen molar-refractivity contribution in [3.63, 3.8) is 0 Å². The Morgan fingerprint density at radius 1 is 0.800 bits per heavy atom. The van der Waals surface area contributed by atoms with Gasteiger partial charge in [0.2, 0.25) is 0 Å². The monoisotopic (exact) mass is 342 g/mol. The van der Waals surface area contributed by atoms with Gasteiger partial charge in [0.05, 0.1) is 17.9 Å². The molecule has 5 rings (SSSR count).